The van der Waals surface area contributed by atoms with E-state index in [9.17, 15) is 0 Å². The lowest BCUT2D eigenvalue weighted by molar-refractivity contribution is 0.650. The van der Waals surface area contributed by atoms with Gasteiger partial charge in [0.15, 0.2) is 0 Å². The summed E-state index contributed by atoms with van der Waals surface area (Å²) < 4.78 is 0. The van der Waals surface area contributed by atoms with Crippen LogP contribution in [0.2, 0.25) is 0 Å². The van der Waals surface area contributed by atoms with E-state index in [1.807, 2.05) is 0 Å². The molecular weight excluding hydrogens is 424 g/mol. The van der Waals surface area contributed by atoms with Gasteiger partial charge in [0, 0.05) is 33.0 Å². The fourth-order valence-corrected chi connectivity index (χ4v) is 6.22. The molecule has 0 saturated heterocycles. The molecular formula is C33H28N2. The quantitative estimate of drug-likeness (QED) is 0.263. The summed E-state index contributed by atoms with van der Waals surface area (Å²) in [6.07, 6.45) is 4.18. The van der Waals surface area contributed by atoms with Crippen molar-refractivity contribution < 1.29 is 0 Å². The highest BCUT2D eigenvalue weighted by atomic mass is 14.9. The summed E-state index contributed by atoms with van der Waals surface area (Å²) in [4.78, 5) is 0. The van der Waals surface area contributed by atoms with Crippen LogP contribution in [0.15, 0.2) is 102 Å². The van der Waals surface area contributed by atoms with Gasteiger partial charge >= 0.3 is 0 Å². The molecule has 2 aliphatic rings. The van der Waals surface area contributed by atoms with Gasteiger partial charge in [0.1, 0.15) is 0 Å². The fraction of sp³-hybridized carbons (Fsp3) is 0.152. The zero-order chi connectivity index (χ0) is 23.7. The monoisotopic (exact) mass is 452 g/mol. The molecule has 7 rings (SSSR count). The van der Waals surface area contributed by atoms with Crippen molar-refractivity contribution in [2.24, 2.45) is 5.73 Å². The fourth-order valence-electron chi connectivity index (χ4n) is 6.22. The highest BCUT2D eigenvalue weighted by molar-refractivity contribution is 6.14. The smallest absolute Gasteiger partial charge is 0.0543 e. The Kier molecular flexibility index (Phi) is 4.20. The van der Waals surface area contributed by atoms with E-state index in [4.69, 9.17) is 5.73 Å². The van der Waals surface area contributed by atoms with Crippen LogP contribution in [0.5, 0.6) is 0 Å². The van der Waals surface area contributed by atoms with E-state index in [0.717, 1.165) is 24.2 Å². The number of rotatable bonds is 2. The number of hydrogen-bond donors (Lipinski definition) is 2. The highest BCUT2D eigenvalue weighted by Crippen LogP contribution is 2.52. The normalized spacial score (nSPS) is 16.5. The zero-order valence-corrected chi connectivity index (χ0v) is 20.2. The Balaban J connectivity index is 1.52. The van der Waals surface area contributed by atoms with E-state index in [1.54, 1.807) is 0 Å². The van der Waals surface area contributed by atoms with Gasteiger partial charge in [-0.3, -0.25) is 0 Å². The van der Waals surface area contributed by atoms with Crippen LogP contribution in [0.25, 0.3) is 37.9 Å². The molecule has 5 aromatic rings. The van der Waals surface area contributed by atoms with E-state index < -0.39 is 0 Å². The molecule has 0 radical (unpaired) electrons. The molecule has 0 spiro atoms. The Hall–Kier alpha value is -4.04. The van der Waals surface area contributed by atoms with Crippen LogP contribution in [0.4, 0.5) is 11.4 Å². The summed E-state index contributed by atoms with van der Waals surface area (Å²) in [6.45, 7) is 4.68. The molecule has 0 aromatic heterocycles. The summed E-state index contributed by atoms with van der Waals surface area (Å²) in [5, 5.41) is 11.4. The lowest BCUT2D eigenvalue weighted by Gasteiger charge is -2.25. The van der Waals surface area contributed by atoms with Crippen molar-refractivity contribution in [1.29, 1.82) is 0 Å². The molecule has 2 aliphatic carbocycles. The van der Waals surface area contributed by atoms with Crippen molar-refractivity contribution in [3.05, 3.63) is 113 Å². The maximum atomic E-state index is 6.29. The minimum atomic E-state index is -0.0429. The standard InChI is InChI=1S/C33H28N2/c1-33(2)29-17-22-16-21-9-4-6-12-25(21)32(35-31-13-7-10-20-8-3-5-11-24(20)31)27(22)19-28(29)26-15-14-23(34)18-30(26)33/h3-13,16-19,35H,14-15,34H2,1-2H3. The van der Waals surface area contributed by atoms with Gasteiger partial charge in [-0.1, -0.05) is 74.5 Å². The lowest BCUT2D eigenvalue weighted by Crippen LogP contribution is -2.18. The van der Waals surface area contributed by atoms with Gasteiger partial charge in [-0.25, -0.2) is 0 Å². The highest BCUT2D eigenvalue weighted by Gasteiger charge is 2.38. The van der Waals surface area contributed by atoms with E-state index in [-0.39, 0.29) is 5.41 Å². The molecule has 0 fully saturated rings. The van der Waals surface area contributed by atoms with Gasteiger partial charge in [0.05, 0.1) is 5.69 Å². The van der Waals surface area contributed by atoms with E-state index in [2.05, 4.69) is 110 Å². The van der Waals surface area contributed by atoms with Gasteiger partial charge in [0.2, 0.25) is 0 Å². The molecule has 2 heteroatoms. The van der Waals surface area contributed by atoms with Crippen molar-refractivity contribution in [1.82, 2.24) is 0 Å². The van der Waals surface area contributed by atoms with Crippen molar-refractivity contribution in [3.63, 3.8) is 0 Å². The van der Waals surface area contributed by atoms with Crippen LogP contribution < -0.4 is 11.1 Å². The Labute approximate surface area is 205 Å². The average molecular weight is 453 g/mol. The second-order valence-electron chi connectivity index (χ2n) is 10.5. The molecule has 0 heterocycles. The Morgan fingerprint density at radius 1 is 0.714 bits per heavy atom. The van der Waals surface area contributed by atoms with Crippen molar-refractivity contribution in [2.75, 3.05) is 5.32 Å². The van der Waals surface area contributed by atoms with Gasteiger partial charge < -0.3 is 11.1 Å². The van der Waals surface area contributed by atoms with Gasteiger partial charge in [-0.2, -0.15) is 0 Å². The maximum absolute atomic E-state index is 6.29. The minimum Gasteiger partial charge on any atom is -0.402 e. The molecule has 170 valence electrons. The first kappa shape index (κ1) is 20.3. The van der Waals surface area contributed by atoms with Gasteiger partial charge in [-0.15, -0.1) is 0 Å². The van der Waals surface area contributed by atoms with Gasteiger partial charge in [0.25, 0.3) is 0 Å². The summed E-state index contributed by atoms with van der Waals surface area (Å²) in [5.41, 5.74) is 15.2. The van der Waals surface area contributed by atoms with Crippen molar-refractivity contribution >= 4 is 49.3 Å². The molecule has 5 aromatic carbocycles. The first-order chi connectivity index (χ1) is 17.0. The Morgan fingerprint density at radius 2 is 1.46 bits per heavy atom. The summed E-state index contributed by atoms with van der Waals surface area (Å²) >= 11 is 0. The molecule has 35 heavy (non-hydrogen) atoms. The van der Waals surface area contributed by atoms with Crippen LogP contribution in [0.3, 0.4) is 0 Å². The number of anilines is 2. The van der Waals surface area contributed by atoms with Crippen molar-refractivity contribution in [2.45, 2.75) is 32.1 Å². The predicted molar refractivity (Wildman–Crippen MR) is 150 cm³/mol. The molecule has 0 amide bonds. The topological polar surface area (TPSA) is 38.0 Å². The zero-order valence-electron chi connectivity index (χ0n) is 20.2. The van der Waals surface area contributed by atoms with Crippen LogP contribution in [0, 0.1) is 0 Å². The molecule has 0 saturated carbocycles. The minimum absolute atomic E-state index is 0.0429. The predicted octanol–water partition coefficient (Wildman–Crippen LogP) is 8.57. The van der Waals surface area contributed by atoms with E-state index >= 15 is 0 Å². The third-order valence-corrected chi connectivity index (χ3v) is 8.04. The number of hydrogen-bond acceptors (Lipinski definition) is 2. The molecule has 2 nitrogen and oxygen atoms in total. The molecule has 3 N–H and O–H groups in total. The second kappa shape index (κ2) is 7.23. The van der Waals surface area contributed by atoms with Crippen LogP contribution in [-0.4, -0.2) is 0 Å². The van der Waals surface area contributed by atoms with Gasteiger partial charge in [-0.05, 0) is 81.6 Å². The largest absolute Gasteiger partial charge is 0.402 e. The lowest BCUT2D eigenvalue weighted by atomic mass is 9.79. The number of fused-ring (bicyclic) bond motifs is 5. The summed E-state index contributed by atoms with van der Waals surface area (Å²) in [5.74, 6) is 0. The number of nitrogens with two attached hydrogens (primary N) is 1. The first-order valence-electron chi connectivity index (χ1n) is 12.5. The van der Waals surface area contributed by atoms with Crippen LogP contribution >= 0.6 is 0 Å². The first-order valence-corrected chi connectivity index (χ1v) is 12.5. The number of allylic oxidation sites excluding steroid dienone is 4. The Bertz CT molecular complexity index is 1750. The third kappa shape index (κ3) is 2.96. The average Bonchev–Trinajstić information content (AvgIpc) is 3.08. The third-order valence-electron chi connectivity index (χ3n) is 8.04. The molecule has 0 atom stereocenters. The maximum Gasteiger partial charge on any atom is 0.0543 e. The van der Waals surface area contributed by atoms with Crippen LogP contribution in [0.1, 0.15) is 37.8 Å². The van der Waals surface area contributed by atoms with Crippen molar-refractivity contribution in [3.8, 4) is 0 Å². The number of benzene rings is 5. The van der Waals surface area contributed by atoms with E-state index in [0.29, 0.717) is 0 Å². The Morgan fingerprint density at radius 3 is 2.31 bits per heavy atom. The summed E-state index contributed by atoms with van der Waals surface area (Å²) in [7, 11) is 0. The molecule has 0 aliphatic heterocycles. The van der Waals surface area contributed by atoms with Crippen LogP contribution in [-0.2, 0) is 5.41 Å². The molecule has 0 bridgehead atoms. The number of nitrogens with one attached hydrogen (secondary N) is 1. The SMILES string of the molecule is CC1(C)C2=C(CCC(N)=C2)c2cc3c(Nc4cccc5ccccc45)c4ccccc4cc3cc21. The summed E-state index contributed by atoms with van der Waals surface area (Å²) in [6, 6.07) is 31.0. The van der Waals surface area contributed by atoms with E-state index in [1.165, 1.54) is 60.3 Å². The second-order valence-corrected chi connectivity index (χ2v) is 10.5. The molecule has 0 unspecified atom stereocenters.